The number of thiophene rings is 1. The molecule has 4 rings (SSSR count). The molecule has 1 N–H and O–H groups in total. The van der Waals surface area contributed by atoms with Crippen LogP contribution in [0.3, 0.4) is 0 Å². The highest BCUT2D eigenvalue weighted by molar-refractivity contribution is 7.98. The summed E-state index contributed by atoms with van der Waals surface area (Å²) in [5.74, 6) is 0.754. The lowest BCUT2D eigenvalue weighted by atomic mass is 9.97. The number of fused-ring (bicyclic) bond motifs is 3. The van der Waals surface area contributed by atoms with Gasteiger partial charge in [-0.15, -0.1) is 22.7 Å². The van der Waals surface area contributed by atoms with Gasteiger partial charge >= 0.3 is 0 Å². The summed E-state index contributed by atoms with van der Waals surface area (Å²) in [6.45, 7) is 2.11. The van der Waals surface area contributed by atoms with E-state index in [9.17, 15) is 4.79 Å². The number of thioether (sulfide) groups is 1. The van der Waals surface area contributed by atoms with E-state index >= 15 is 0 Å². The third-order valence-corrected chi connectivity index (χ3v) is 7.25. The van der Waals surface area contributed by atoms with Crippen LogP contribution in [0.5, 0.6) is 0 Å². The molecule has 3 aromatic rings. The molecule has 0 atom stereocenters. The zero-order valence-corrected chi connectivity index (χ0v) is 15.3. The molecule has 7 heteroatoms. The summed E-state index contributed by atoms with van der Waals surface area (Å²) < 4.78 is 0. The average molecular weight is 364 g/mol. The van der Waals surface area contributed by atoms with Crippen LogP contribution in [0, 0.1) is 0 Å². The third kappa shape index (κ3) is 2.97. The van der Waals surface area contributed by atoms with Crippen LogP contribution in [-0.2, 0) is 25.0 Å². The Hall–Kier alpha value is -1.18. The third-order valence-electron chi connectivity index (χ3n) is 4.10. The molecule has 0 saturated carbocycles. The van der Waals surface area contributed by atoms with Crippen molar-refractivity contribution < 1.29 is 0 Å². The second-order valence-corrected chi connectivity index (χ2v) is 8.63. The van der Waals surface area contributed by atoms with Crippen LogP contribution >= 0.6 is 34.4 Å². The minimum atomic E-state index is 0.0188. The summed E-state index contributed by atoms with van der Waals surface area (Å²) in [7, 11) is 0. The maximum absolute atomic E-state index is 12.5. The Morgan fingerprint density at radius 2 is 2.17 bits per heavy atom. The van der Waals surface area contributed by atoms with E-state index in [2.05, 4.69) is 27.3 Å². The second kappa shape index (κ2) is 6.37. The van der Waals surface area contributed by atoms with Gasteiger partial charge in [0.25, 0.3) is 5.56 Å². The van der Waals surface area contributed by atoms with Crippen molar-refractivity contribution in [3.8, 4) is 0 Å². The SMILES string of the molecule is CCc1csc(CSc2nc3sc4c(c3c(=O)[nH]2)CCCC4)n1. The number of H-pyrrole nitrogens is 1. The monoisotopic (exact) mass is 363 g/mol. The molecular formula is C16H17N3OS3. The van der Waals surface area contributed by atoms with Crippen LogP contribution in [-0.4, -0.2) is 15.0 Å². The van der Waals surface area contributed by atoms with Crippen molar-refractivity contribution >= 4 is 44.7 Å². The van der Waals surface area contributed by atoms with Crippen molar-refractivity contribution in [2.75, 3.05) is 0 Å². The van der Waals surface area contributed by atoms with E-state index in [1.54, 1.807) is 34.4 Å². The number of nitrogens with one attached hydrogen (secondary N) is 1. The lowest BCUT2D eigenvalue weighted by Crippen LogP contribution is -2.10. The number of hydrogen-bond donors (Lipinski definition) is 1. The topological polar surface area (TPSA) is 58.6 Å². The van der Waals surface area contributed by atoms with Gasteiger partial charge < -0.3 is 4.98 Å². The van der Waals surface area contributed by atoms with Crippen LogP contribution in [0.2, 0.25) is 0 Å². The molecule has 4 nitrogen and oxygen atoms in total. The Balaban J connectivity index is 1.62. The largest absolute Gasteiger partial charge is 0.301 e. The first kappa shape index (κ1) is 15.4. The highest BCUT2D eigenvalue weighted by Crippen LogP contribution is 2.34. The van der Waals surface area contributed by atoms with Crippen molar-refractivity contribution in [3.63, 3.8) is 0 Å². The molecule has 120 valence electrons. The first-order chi connectivity index (χ1) is 11.2. The molecule has 23 heavy (non-hydrogen) atoms. The predicted molar refractivity (Wildman–Crippen MR) is 97.9 cm³/mol. The van der Waals surface area contributed by atoms with Crippen molar-refractivity contribution in [3.05, 3.63) is 36.9 Å². The Bertz CT molecular complexity index is 909. The quantitative estimate of drug-likeness (QED) is 0.558. The molecule has 0 unspecified atom stereocenters. The van der Waals surface area contributed by atoms with E-state index in [0.717, 1.165) is 45.9 Å². The molecule has 0 aliphatic heterocycles. The fourth-order valence-electron chi connectivity index (χ4n) is 2.92. The molecule has 3 aromatic heterocycles. The molecule has 1 aliphatic rings. The number of hydrogen-bond acceptors (Lipinski definition) is 6. The predicted octanol–water partition coefficient (Wildman–Crippen LogP) is 4.17. The second-order valence-electron chi connectivity index (χ2n) is 5.64. The number of aryl methyl sites for hydroxylation is 3. The highest BCUT2D eigenvalue weighted by atomic mass is 32.2. The van der Waals surface area contributed by atoms with Crippen molar-refractivity contribution in [2.24, 2.45) is 0 Å². The van der Waals surface area contributed by atoms with Gasteiger partial charge in [-0.05, 0) is 37.7 Å². The van der Waals surface area contributed by atoms with Gasteiger partial charge in [0.15, 0.2) is 5.16 Å². The van der Waals surface area contributed by atoms with Gasteiger partial charge in [0.05, 0.1) is 16.8 Å². The minimum Gasteiger partial charge on any atom is -0.301 e. The number of rotatable bonds is 4. The molecule has 0 bridgehead atoms. The smallest absolute Gasteiger partial charge is 0.260 e. The summed E-state index contributed by atoms with van der Waals surface area (Å²) in [4.78, 5) is 26.9. The lowest BCUT2D eigenvalue weighted by molar-refractivity contribution is 0.700. The zero-order valence-electron chi connectivity index (χ0n) is 12.8. The van der Waals surface area contributed by atoms with Crippen molar-refractivity contribution in [1.82, 2.24) is 15.0 Å². The Morgan fingerprint density at radius 1 is 1.30 bits per heavy atom. The number of aromatic amines is 1. The van der Waals surface area contributed by atoms with Gasteiger partial charge in [-0.1, -0.05) is 18.7 Å². The molecule has 0 amide bonds. The molecule has 3 heterocycles. The van der Waals surface area contributed by atoms with Crippen LogP contribution in [0.15, 0.2) is 15.3 Å². The van der Waals surface area contributed by atoms with Crippen molar-refractivity contribution in [1.29, 1.82) is 0 Å². The fourth-order valence-corrected chi connectivity index (χ4v) is 6.00. The summed E-state index contributed by atoms with van der Waals surface area (Å²) >= 11 is 4.93. The van der Waals surface area contributed by atoms with E-state index in [1.807, 2.05) is 0 Å². The lowest BCUT2D eigenvalue weighted by Gasteiger charge is -2.09. The van der Waals surface area contributed by atoms with Gasteiger partial charge in [0.2, 0.25) is 0 Å². The van der Waals surface area contributed by atoms with E-state index in [4.69, 9.17) is 0 Å². The van der Waals surface area contributed by atoms with Crippen LogP contribution in [0.4, 0.5) is 0 Å². The summed E-state index contributed by atoms with van der Waals surface area (Å²) in [5.41, 5.74) is 2.40. The van der Waals surface area contributed by atoms with E-state index in [-0.39, 0.29) is 5.56 Å². The fraction of sp³-hybridized carbons (Fsp3) is 0.438. The molecule has 0 fully saturated rings. The van der Waals surface area contributed by atoms with Crippen LogP contribution < -0.4 is 5.56 Å². The maximum Gasteiger partial charge on any atom is 0.260 e. The van der Waals surface area contributed by atoms with Gasteiger partial charge in [-0.25, -0.2) is 9.97 Å². The van der Waals surface area contributed by atoms with Gasteiger partial charge in [-0.2, -0.15) is 0 Å². The van der Waals surface area contributed by atoms with Crippen molar-refractivity contribution in [2.45, 2.75) is 49.9 Å². The molecule has 0 aromatic carbocycles. The van der Waals surface area contributed by atoms with Crippen LogP contribution in [0.1, 0.15) is 40.9 Å². The van der Waals surface area contributed by atoms with Gasteiger partial charge in [-0.3, -0.25) is 4.79 Å². The zero-order chi connectivity index (χ0) is 15.8. The number of nitrogens with zero attached hydrogens (tertiary/aromatic N) is 2. The first-order valence-electron chi connectivity index (χ1n) is 7.85. The van der Waals surface area contributed by atoms with Crippen LogP contribution in [0.25, 0.3) is 10.2 Å². The highest BCUT2D eigenvalue weighted by Gasteiger charge is 2.19. The summed E-state index contributed by atoms with van der Waals surface area (Å²) in [6.07, 6.45) is 5.48. The van der Waals surface area contributed by atoms with Gasteiger partial charge in [0.1, 0.15) is 9.84 Å². The standard InChI is InChI=1S/C16H17N3OS3/c1-2-9-7-21-12(17-9)8-22-16-18-14(20)13-10-5-3-4-6-11(10)23-15(13)19-16/h7H,2-6,8H2,1H3,(H,18,19,20). The molecule has 0 saturated heterocycles. The molecule has 1 aliphatic carbocycles. The molecular weight excluding hydrogens is 346 g/mol. The minimum absolute atomic E-state index is 0.0188. The van der Waals surface area contributed by atoms with E-state index < -0.39 is 0 Å². The summed E-state index contributed by atoms with van der Waals surface area (Å²) in [5, 5.41) is 4.72. The van der Waals surface area contributed by atoms with E-state index in [0.29, 0.717) is 5.16 Å². The van der Waals surface area contributed by atoms with Gasteiger partial charge in [0, 0.05) is 10.3 Å². The normalized spacial score (nSPS) is 14.3. The van der Waals surface area contributed by atoms with E-state index in [1.165, 1.54) is 23.3 Å². The Labute approximate surface area is 146 Å². The molecule has 0 radical (unpaired) electrons. The Morgan fingerprint density at radius 3 is 3.00 bits per heavy atom. The summed E-state index contributed by atoms with van der Waals surface area (Å²) in [6, 6.07) is 0. The Kier molecular flexibility index (Phi) is 4.26. The average Bonchev–Trinajstić information content (AvgIpc) is 3.16. The molecule has 0 spiro atoms. The number of aromatic nitrogens is 3. The maximum atomic E-state index is 12.5. The number of thiazole rings is 1. The first-order valence-corrected chi connectivity index (χ1v) is 10.5.